The molecule has 0 heterocycles. The molecule has 114 valence electrons. The summed E-state index contributed by atoms with van der Waals surface area (Å²) >= 11 is 5.81. The summed E-state index contributed by atoms with van der Waals surface area (Å²) < 4.78 is 0. The highest BCUT2D eigenvalue weighted by atomic mass is 35.5. The Morgan fingerprint density at radius 3 is 2.32 bits per heavy atom. The van der Waals surface area contributed by atoms with Crippen molar-refractivity contribution in [3.05, 3.63) is 65.2 Å². The Hall–Kier alpha value is -2.33. The monoisotopic (exact) mass is 316 g/mol. The number of benzene rings is 2. The summed E-state index contributed by atoms with van der Waals surface area (Å²) in [6.07, 6.45) is 0. The van der Waals surface area contributed by atoms with Crippen LogP contribution in [0.4, 0.5) is 5.69 Å². The van der Waals surface area contributed by atoms with Gasteiger partial charge >= 0.3 is 0 Å². The van der Waals surface area contributed by atoms with E-state index in [1.165, 1.54) is 0 Å². The van der Waals surface area contributed by atoms with Crippen LogP contribution < -0.4 is 10.6 Å². The third-order valence-corrected chi connectivity index (χ3v) is 3.43. The first kappa shape index (κ1) is 16.0. The molecule has 0 fully saturated rings. The largest absolute Gasteiger partial charge is 0.384 e. The van der Waals surface area contributed by atoms with Crippen LogP contribution in [-0.2, 0) is 4.79 Å². The third kappa shape index (κ3) is 4.60. The Kier molecular flexibility index (Phi) is 5.55. The van der Waals surface area contributed by atoms with Crippen LogP contribution in [0.2, 0.25) is 5.02 Å². The second-order valence-corrected chi connectivity index (χ2v) is 5.41. The quantitative estimate of drug-likeness (QED) is 0.889. The van der Waals surface area contributed by atoms with Crippen molar-refractivity contribution < 1.29 is 9.59 Å². The second kappa shape index (κ2) is 7.61. The lowest BCUT2D eigenvalue weighted by Gasteiger charge is -2.13. The van der Waals surface area contributed by atoms with Gasteiger partial charge in [0, 0.05) is 22.8 Å². The lowest BCUT2D eigenvalue weighted by Crippen LogP contribution is -2.37. The first-order chi connectivity index (χ1) is 10.6. The zero-order valence-electron chi connectivity index (χ0n) is 12.2. The van der Waals surface area contributed by atoms with E-state index in [4.69, 9.17) is 11.6 Å². The number of hydrogen-bond acceptors (Lipinski definition) is 3. The Balaban J connectivity index is 1.84. The van der Waals surface area contributed by atoms with E-state index in [1.807, 2.05) is 18.2 Å². The second-order valence-electron chi connectivity index (χ2n) is 4.97. The van der Waals surface area contributed by atoms with E-state index in [1.54, 1.807) is 43.3 Å². The van der Waals surface area contributed by atoms with Gasteiger partial charge in [-0.15, -0.1) is 0 Å². The molecule has 5 heteroatoms. The summed E-state index contributed by atoms with van der Waals surface area (Å²) in [6.45, 7) is 2.19. The van der Waals surface area contributed by atoms with Crippen LogP contribution in [0.3, 0.4) is 0 Å². The number of carbonyl (C=O) groups is 2. The lowest BCUT2D eigenvalue weighted by molar-refractivity contribution is -0.123. The number of nitrogens with one attached hydrogen (secondary N) is 2. The first-order valence-electron chi connectivity index (χ1n) is 6.96. The summed E-state index contributed by atoms with van der Waals surface area (Å²) in [5, 5.41) is 6.19. The highest BCUT2D eigenvalue weighted by molar-refractivity contribution is 6.30. The minimum atomic E-state index is -0.385. The molecule has 0 saturated carbocycles. The maximum Gasteiger partial charge on any atom is 0.257 e. The maximum atomic E-state index is 12.0. The van der Waals surface area contributed by atoms with Crippen molar-refractivity contribution in [2.45, 2.75) is 6.92 Å². The van der Waals surface area contributed by atoms with E-state index in [-0.39, 0.29) is 17.7 Å². The Bertz CT molecular complexity index is 641. The SMILES string of the molecule is C[C@@H](CNc1ccc(Cl)cc1)C(=O)NC(=O)c1ccccc1. The van der Waals surface area contributed by atoms with Crippen molar-refractivity contribution >= 4 is 29.1 Å². The van der Waals surface area contributed by atoms with Crippen molar-refractivity contribution in [2.24, 2.45) is 5.92 Å². The molecule has 0 aromatic heterocycles. The highest BCUT2D eigenvalue weighted by Crippen LogP contribution is 2.13. The summed E-state index contributed by atoms with van der Waals surface area (Å²) in [5.41, 5.74) is 1.34. The minimum absolute atomic E-state index is 0.310. The van der Waals surface area contributed by atoms with Gasteiger partial charge in [-0.25, -0.2) is 0 Å². The third-order valence-electron chi connectivity index (χ3n) is 3.18. The molecule has 0 spiro atoms. The molecule has 1 atom stereocenters. The van der Waals surface area contributed by atoms with Gasteiger partial charge in [0.25, 0.3) is 5.91 Å². The minimum Gasteiger partial charge on any atom is -0.384 e. The molecular weight excluding hydrogens is 300 g/mol. The average Bonchev–Trinajstić information content (AvgIpc) is 2.54. The van der Waals surface area contributed by atoms with Gasteiger partial charge in [-0.1, -0.05) is 36.7 Å². The van der Waals surface area contributed by atoms with E-state index >= 15 is 0 Å². The molecule has 0 aliphatic heterocycles. The molecule has 0 aliphatic rings. The molecule has 2 aromatic rings. The topological polar surface area (TPSA) is 58.2 Å². The van der Waals surface area contributed by atoms with Crippen LogP contribution in [0.25, 0.3) is 0 Å². The number of halogens is 1. The number of hydrogen-bond donors (Lipinski definition) is 2. The molecular formula is C17H17ClN2O2. The van der Waals surface area contributed by atoms with Gasteiger partial charge in [0.2, 0.25) is 5.91 Å². The molecule has 0 aliphatic carbocycles. The number of amides is 2. The van der Waals surface area contributed by atoms with Crippen LogP contribution in [0.1, 0.15) is 17.3 Å². The smallest absolute Gasteiger partial charge is 0.257 e. The van der Waals surface area contributed by atoms with E-state index < -0.39 is 0 Å². The van der Waals surface area contributed by atoms with Gasteiger partial charge in [0.1, 0.15) is 0 Å². The van der Waals surface area contributed by atoms with Gasteiger partial charge < -0.3 is 5.32 Å². The standard InChI is InChI=1S/C17H17ClN2O2/c1-12(11-19-15-9-7-14(18)8-10-15)16(21)20-17(22)13-5-3-2-4-6-13/h2-10,12,19H,11H2,1H3,(H,20,21,22)/t12-/m0/s1. The molecule has 22 heavy (non-hydrogen) atoms. The summed E-state index contributed by atoms with van der Waals surface area (Å²) in [5.74, 6) is -1.04. The molecule has 2 N–H and O–H groups in total. The molecule has 0 saturated heterocycles. The van der Waals surface area contributed by atoms with Crippen molar-refractivity contribution in [2.75, 3.05) is 11.9 Å². The van der Waals surface area contributed by atoms with Crippen LogP contribution in [0.15, 0.2) is 54.6 Å². The van der Waals surface area contributed by atoms with Crippen LogP contribution in [0, 0.1) is 5.92 Å². The van der Waals surface area contributed by atoms with E-state index in [0.717, 1.165) is 5.69 Å². The summed E-state index contributed by atoms with van der Waals surface area (Å²) in [7, 11) is 0. The maximum absolute atomic E-state index is 12.0. The lowest BCUT2D eigenvalue weighted by atomic mass is 10.1. The fraction of sp³-hybridized carbons (Fsp3) is 0.176. The molecule has 2 aromatic carbocycles. The van der Waals surface area contributed by atoms with Crippen LogP contribution >= 0.6 is 11.6 Å². The fourth-order valence-electron chi connectivity index (χ4n) is 1.83. The predicted molar refractivity (Wildman–Crippen MR) is 88.0 cm³/mol. The number of imide groups is 1. The van der Waals surface area contributed by atoms with Crippen molar-refractivity contribution in [3.63, 3.8) is 0 Å². The number of carbonyl (C=O) groups excluding carboxylic acids is 2. The Labute approximate surface area is 134 Å². The van der Waals surface area contributed by atoms with Crippen molar-refractivity contribution in [3.8, 4) is 0 Å². The predicted octanol–water partition coefficient (Wildman–Crippen LogP) is 3.34. The average molecular weight is 317 g/mol. The Morgan fingerprint density at radius 2 is 1.68 bits per heavy atom. The summed E-state index contributed by atoms with van der Waals surface area (Å²) in [4.78, 5) is 23.9. The van der Waals surface area contributed by atoms with E-state index in [9.17, 15) is 9.59 Å². The van der Waals surface area contributed by atoms with E-state index in [2.05, 4.69) is 10.6 Å². The summed E-state index contributed by atoms with van der Waals surface area (Å²) in [6, 6.07) is 15.9. The van der Waals surface area contributed by atoms with Crippen molar-refractivity contribution in [1.29, 1.82) is 0 Å². The molecule has 2 rings (SSSR count). The molecule has 2 amide bonds. The van der Waals surface area contributed by atoms with Crippen LogP contribution in [0.5, 0.6) is 0 Å². The van der Waals surface area contributed by atoms with Gasteiger partial charge in [-0.3, -0.25) is 14.9 Å². The zero-order valence-corrected chi connectivity index (χ0v) is 12.9. The van der Waals surface area contributed by atoms with Gasteiger partial charge in [0.15, 0.2) is 0 Å². The zero-order chi connectivity index (χ0) is 15.9. The first-order valence-corrected chi connectivity index (χ1v) is 7.34. The normalized spacial score (nSPS) is 11.5. The van der Waals surface area contributed by atoms with Crippen molar-refractivity contribution in [1.82, 2.24) is 5.32 Å². The Morgan fingerprint density at radius 1 is 1.05 bits per heavy atom. The molecule has 0 unspecified atom stereocenters. The molecule has 0 bridgehead atoms. The molecule has 4 nitrogen and oxygen atoms in total. The van der Waals surface area contributed by atoms with E-state index in [0.29, 0.717) is 17.1 Å². The van der Waals surface area contributed by atoms with Gasteiger partial charge in [-0.2, -0.15) is 0 Å². The fourth-order valence-corrected chi connectivity index (χ4v) is 1.95. The number of rotatable bonds is 5. The number of anilines is 1. The van der Waals surface area contributed by atoms with Gasteiger partial charge in [0.05, 0.1) is 5.92 Å². The molecule has 0 radical (unpaired) electrons. The van der Waals surface area contributed by atoms with Crippen LogP contribution in [-0.4, -0.2) is 18.4 Å². The van der Waals surface area contributed by atoms with Gasteiger partial charge in [-0.05, 0) is 36.4 Å². The highest BCUT2D eigenvalue weighted by Gasteiger charge is 2.16.